The fraction of sp³-hybridized carbons (Fsp3) is 0.464. The van der Waals surface area contributed by atoms with Crippen molar-refractivity contribution in [2.75, 3.05) is 19.7 Å². The second kappa shape index (κ2) is 9.72. The molecule has 7 heteroatoms. The van der Waals surface area contributed by atoms with Gasteiger partial charge < -0.3 is 20.1 Å². The monoisotopic (exact) mass is 476 g/mol. The third kappa shape index (κ3) is 4.64. The molecule has 184 valence electrons. The Hall–Kier alpha value is -3.35. The number of carbonyl (C=O) groups is 3. The lowest BCUT2D eigenvalue weighted by atomic mass is 9.98. The Morgan fingerprint density at radius 2 is 1.66 bits per heavy atom. The van der Waals surface area contributed by atoms with Crippen LogP contribution >= 0.6 is 0 Å². The minimum absolute atomic E-state index is 0.00781. The molecule has 2 fully saturated rings. The minimum atomic E-state index is -0.844. The van der Waals surface area contributed by atoms with Gasteiger partial charge >= 0.3 is 12.1 Å². The number of nitrogens with zero attached hydrogens (tertiary/aromatic N) is 1. The fourth-order valence-corrected chi connectivity index (χ4v) is 6.11. The van der Waals surface area contributed by atoms with Crippen molar-refractivity contribution < 1.29 is 24.2 Å². The molecule has 2 aromatic carbocycles. The molecule has 35 heavy (non-hydrogen) atoms. The summed E-state index contributed by atoms with van der Waals surface area (Å²) in [5.74, 6) is -1.36. The van der Waals surface area contributed by atoms with Crippen molar-refractivity contribution >= 4 is 18.0 Å². The second-order valence-corrected chi connectivity index (χ2v) is 10.2. The molecule has 2 unspecified atom stereocenters. The summed E-state index contributed by atoms with van der Waals surface area (Å²) in [6, 6.07) is 16.4. The van der Waals surface area contributed by atoms with Crippen LogP contribution in [0.3, 0.4) is 0 Å². The van der Waals surface area contributed by atoms with E-state index >= 15 is 0 Å². The van der Waals surface area contributed by atoms with Gasteiger partial charge in [-0.3, -0.25) is 9.59 Å². The molecule has 3 aliphatic rings. The lowest BCUT2D eigenvalue weighted by Gasteiger charge is -2.24. The van der Waals surface area contributed by atoms with Gasteiger partial charge in [0.05, 0.1) is 5.92 Å². The first kappa shape index (κ1) is 23.4. The summed E-state index contributed by atoms with van der Waals surface area (Å²) in [6.07, 6.45) is 2.51. The average Bonchev–Trinajstić information content (AvgIpc) is 3.54. The molecule has 0 aromatic heterocycles. The summed E-state index contributed by atoms with van der Waals surface area (Å²) < 4.78 is 5.70. The van der Waals surface area contributed by atoms with E-state index < -0.39 is 18.0 Å². The molecule has 2 amide bonds. The topological polar surface area (TPSA) is 95.9 Å². The van der Waals surface area contributed by atoms with Gasteiger partial charge in [-0.05, 0) is 46.9 Å². The zero-order chi connectivity index (χ0) is 24.5. The number of rotatable bonds is 6. The molecule has 4 atom stereocenters. The Labute approximate surface area is 205 Å². The number of fused-ring (bicyclic) bond motifs is 3. The molecule has 0 radical (unpaired) electrons. The van der Waals surface area contributed by atoms with Crippen LogP contribution in [0.25, 0.3) is 11.1 Å². The highest BCUT2D eigenvalue weighted by atomic mass is 16.5. The van der Waals surface area contributed by atoms with Crippen LogP contribution in [-0.2, 0) is 14.3 Å². The number of ether oxygens (including phenoxy) is 1. The molecule has 7 nitrogen and oxygen atoms in total. The maximum atomic E-state index is 12.9. The van der Waals surface area contributed by atoms with Gasteiger partial charge in [-0.2, -0.15) is 0 Å². The van der Waals surface area contributed by atoms with Crippen LogP contribution in [-0.4, -0.2) is 53.7 Å². The maximum Gasteiger partial charge on any atom is 0.407 e. The predicted molar refractivity (Wildman–Crippen MR) is 131 cm³/mol. The second-order valence-electron chi connectivity index (χ2n) is 10.2. The molecular weight excluding hydrogens is 444 g/mol. The van der Waals surface area contributed by atoms with E-state index in [1.165, 1.54) is 22.3 Å². The third-order valence-electron chi connectivity index (χ3n) is 8.03. The molecule has 2 N–H and O–H groups in total. The van der Waals surface area contributed by atoms with Gasteiger partial charge in [-0.15, -0.1) is 0 Å². The highest BCUT2D eigenvalue weighted by molar-refractivity contribution is 5.80. The molecule has 1 saturated heterocycles. The third-order valence-corrected chi connectivity index (χ3v) is 8.03. The molecule has 0 bridgehead atoms. The van der Waals surface area contributed by atoms with Crippen molar-refractivity contribution in [3.63, 3.8) is 0 Å². The number of hydrogen-bond acceptors (Lipinski definition) is 4. The molecule has 1 saturated carbocycles. The fourth-order valence-electron chi connectivity index (χ4n) is 6.11. The highest BCUT2D eigenvalue weighted by Crippen LogP contribution is 2.44. The number of hydrogen-bond donors (Lipinski definition) is 2. The summed E-state index contributed by atoms with van der Waals surface area (Å²) in [5.41, 5.74) is 4.72. The van der Waals surface area contributed by atoms with Crippen LogP contribution in [0.2, 0.25) is 0 Å². The number of likely N-dealkylation sites (tertiary alicyclic amines) is 1. The molecule has 1 heterocycles. The van der Waals surface area contributed by atoms with Crippen LogP contribution in [0, 0.1) is 17.8 Å². The average molecular weight is 477 g/mol. The van der Waals surface area contributed by atoms with Crippen molar-refractivity contribution in [3.05, 3.63) is 59.7 Å². The minimum Gasteiger partial charge on any atom is -0.481 e. The van der Waals surface area contributed by atoms with Crippen molar-refractivity contribution in [1.29, 1.82) is 0 Å². The number of amides is 2. The van der Waals surface area contributed by atoms with Gasteiger partial charge in [-0.1, -0.05) is 61.9 Å². The summed E-state index contributed by atoms with van der Waals surface area (Å²) in [4.78, 5) is 38.7. The van der Waals surface area contributed by atoms with Crippen LogP contribution in [0.15, 0.2) is 48.5 Å². The first-order valence-corrected chi connectivity index (χ1v) is 12.5. The quantitative estimate of drug-likeness (QED) is 0.649. The van der Waals surface area contributed by atoms with Crippen molar-refractivity contribution in [2.45, 2.75) is 44.6 Å². The first-order valence-electron chi connectivity index (χ1n) is 12.5. The van der Waals surface area contributed by atoms with Crippen LogP contribution < -0.4 is 5.32 Å². The lowest BCUT2D eigenvalue weighted by molar-refractivity contribution is -0.142. The maximum absolute atomic E-state index is 12.9. The number of carboxylic acid groups (broad SMARTS) is 1. The number of aliphatic carboxylic acids is 1. The zero-order valence-corrected chi connectivity index (χ0v) is 20.0. The van der Waals surface area contributed by atoms with Crippen LogP contribution in [0.5, 0.6) is 0 Å². The Balaban J connectivity index is 1.16. The SMILES string of the molecule is CC1CN(C(=O)C[C@@H]2CCC[C@H]2NC(=O)OCC2c3ccccc3-c3ccccc32)CC1C(=O)O. The molecule has 2 aliphatic carbocycles. The summed E-state index contributed by atoms with van der Waals surface area (Å²) >= 11 is 0. The van der Waals surface area contributed by atoms with Crippen molar-refractivity contribution in [3.8, 4) is 11.1 Å². The van der Waals surface area contributed by atoms with Gasteiger partial charge in [0, 0.05) is 31.5 Å². The Kier molecular flexibility index (Phi) is 6.50. The van der Waals surface area contributed by atoms with Crippen molar-refractivity contribution in [1.82, 2.24) is 10.2 Å². The molecule has 2 aromatic rings. The first-order chi connectivity index (χ1) is 16.9. The predicted octanol–water partition coefficient (Wildman–Crippen LogP) is 4.26. The molecule has 0 spiro atoms. The summed E-state index contributed by atoms with van der Waals surface area (Å²) in [7, 11) is 0. The van der Waals surface area contributed by atoms with Gasteiger partial charge in [0.2, 0.25) is 5.91 Å². The van der Waals surface area contributed by atoms with Gasteiger partial charge in [0.25, 0.3) is 0 Å². The number of carbonyl (C=O) groups excluding carboxylic acids is 2. The van der Waals surface area contributed by atoms with Gasteiger partial charge in [0.15, 0.2) is 0 Å². The van der Waals surface area contributed by atoms with E-state index in [2.05, 4.69) is 29.6 Å². The van der Waals surface area contributed by atoms with E-state index in [1.807, 2.05) is 31.2 Å². The standard InChI is InChI=1S/C28H32N2O5/c1-17-14-30(15-23(17)27(32)33)26(31)13-18-7-6-12-25(18)29-28(34)35-16-24-21-10-4-2-8-19(21)20-9-3-5-11-22(20)24/h2-5,8-11,17-18,23-25H,6-7,12-16H2,1H3,(H,29,34)(H,32,33)/t17?,18-,23?,25+/m0/s1. The highest BCUT2D eigenvalue weighted by Gasteiger charge is 2.39. The summed E-state index contributed by atoms with van der Waals surface area (Å²) in [6.45, 7) is 2.89. The lowest BCUT2D eigenvalue weighted by Crippen LogP contribution is -2.40. The normalized spacial score (nSPS) is 25.2. The number of benzene rings is 2. The van der Waals surface area contributed by atoms with E-state index in [9.17, 15) is 19.5 Å². The smallest absolute Gasteiger partial charge is 0.407 e. The largest absolute Gasteiger partial charge is 0.481 e. The Bertz CT molecular complexity index is 1090. The molecule has 5 rings (SSSR count). The Morgan fingerprint density at radius 3 is 2.29 bits per heavy atom. The van der Waals surface area contributed by atoms with Crippen LogP contribution in [0.4, 0.5) is 4.79 Å². The molecular formula is C28H32N2O5. The number of alkyl carbamates (subject to hydrolysis) is 1. The number of nitrogens with one attached hydrogen (secondary N) is 1. The number of carboxylic acids is 1. The van der Waals surface area contributed by atoms with E-state index in [4.69, 9.17) is 4.74 Å². The Morgan fingerprint density at radius 1 is 1.00 bits per heavy atom. The van der Waals surface area contributed by atoms with E-state index in [-0.39, 0.29) is 42.9 Å². The van der Waals surface area contributed by atoms with Gasteiger partial charge in [0.1, 0.15) is 6.61 Å². The summed E-state index contributed by atoms with van der Waals surface area (Å²) in [5, 5.41) is 12.4. The van der Waals surface area contributed by atoms with Gasteiger partial charge in [-0.25, -0.2) is 4.79 Å². The van der Waals surface area contributed by atoms with E-state index in [0.717, 1.165) is 19.3 Å². The van der Waals surface area contributed by atoms with E-state index in [0.29, 0.717) is 13.0 Å². The van der Waals surface area contributed by atoms with Crippen LogP contribution in [0.1, 0.15) is 49.7 Å². The van der Waals surface area contributed by atoms with Crippen molar-refractivity contribution in [2.24, 2.45) is 17.8 Å². The zero-order valence-electron chi connectivity index (χ0n) is 20.0. The molecule has 1 aliphatic heterocycles. The van der Waals surface area contributed by atoms with E-state index in [1.54, 1.807) is 4.90 Å².